The second-order valence-corrected chi connectivity index (χ2v) is 5.37. The van der Waals surface area contributed by atoms with Gasteiger partial charge in [0.1, 0.15) is 0 Å². The molecule has 0 radical (unpaired) electrons. The lowest BCUT2D eigenvalue weighted by molar-refractivity contribution is -0.125. The number of rotatable bonds is 7. The number of alkyl halides is 1. The van der Waals surface area contributed by atoms with Crippen LogP contribution in [-0.4, -0.2) is 17.8 Å². The third kappa shape index (κ3) is 6.93. The van der Waals surface area contributed by atoms with Crippen LogP contribution < -0.4 is 5.32 Å². The normalized spacial score (nSPS) is 15.1. The molecule has 0 rings (SSSR count). The van der Waals surface area contributed by atoms with Gasteiger partial charge in [-0.25, -0.2) is 0 Å². The third-order valence-corrected chi connectivity index (χ3v) is 3.96. The predicted molar refractivity (Wildman–Crippen MR) is 69.2 cm³/mol. The van der Waals surface area contributed by atoms with Gasteiger partial charge >= 0.3 is 0 Å². The Morgan fingerprint density at radius 1 is 1.27 bits per heavy atom. The molecule has 0 aliphatic heterocycles. The smallest absolute Gasteiger partial charge is 0.223 e. The Bertz CT molecular complexity index is 182. The molecule has 0 heterocycles. The number of carbonyl (C=O) groups excluding carboxylic acids is 1. The van der Waals surface area contributed by atoms with Crippen LogP contribution in [0.2, 0.25) is 0 Å². The fourth-order valence-corrected chi connectivity index (χ4v) is 1.53. The van der Waals surface area contributed by atoms with Crippen molar-refractivity contribution in [2.24, 2.45) is 17.8 Å². The van der Waals surface area contributed by atoms with E-state index in [-0.39, 0.29) is 11.8 Å². The lowest BCUT2D eigenvalue weighted by Gasteiger charge is -2.15. The summed E-state index contributed by atoms with van der Waals surface area (Å²) in [6, 6.07) is 0. The molecular formula is C12H24BrNO. The number of hydrogen-bond donors (Lipinski definition) is 1. The molecule has 0 saturated heterocycles. The first-order valence-electron chi connectivity index (χ1n) is 5.82. The summed E-state index contributed by atoms with van der Waals surface area (Å²) in [6.45, 7) is 9.18. The minimum atomic E-state index is 0.124. The van der Waals surface area contributed by atoms with Crippen LogP contribution in [-0.2, 0) is 4.79 Å². The molecule has 0 fully saturated rings. The molecule has 2 nitrogen and oxygen atoms in total. The zero-order valence-corrected chi connectivity index (χ0v) is 11.9. The first kappa shape index (κ1) is 14.9. The number of nitrogens with one attached hydrogen (secondary N) is 1. The molecule has 1 amide bonds. The van der Waals surface area contributed by atoms with Crippen molar-refractivity contribution in [3.63, 3.8) is 0 Å². The molecule has 0 aliphatic carbocycles. The Balaban J connectivity index is 3.55. The van der Waals surface area contributed by atoms with E-state index >= 15 is 0 Å². The van der Waals surface area contributed by atoms with Crippen molar-refractivity contribution in [2.45, 2.75) is 40.5 Å². The maximum atomic E-state index is 11.6. The number of carbonyl (C=O) groups is 1. The fraction of sp³-hybridized carbons (Fsp3) is 0.917. The van der Waals surface area contributed by atoms with E-state index in [2.05, 4.69) is 42.0 Å². The Kier molecular flexibility index (Phi) is 8.12. The standard InChI is InChI=1S/C12H24BrNO/c1-9(2)11(4)12(15)14-7-5-6-10(3)8-13/h9-11H,5-8H2,1-4H3,(H,14,15). The van der Waals surface area contributed by atoms with Crippen molar-refractivity contribution in [1.82, 2.24) is 5.32 Å². The van der Waals surface area contributed by atoms with Gasteiger partial charge in [-0.2, -0.15) is 0 Å². The molecule has 0 aliphatic rings. The second-order valence-electron chi connectivity index (χ2n) is 4.73. The molecule has 2 unspecified atom stereocenters. The van der Waals surface area contributed by atoms with Gasteiger partial charge in [0, 0.05) is 17.8 Å². The molecule has 0 aromatic heterocycles. The Hall–Kier alpha value is -0.0500. The molecule has 3 heteroatoms. The molecule has 0 spiro atoms. The van der Waals surface area contributed by atoms with Crippen molar-refractivity contribution >= 4 is 21.8 Å². The van der Waals surface area contributed by atoms with Gasteiger partial charge in [0.05, 0.1) is 0 Å². The quantitative estimate of drug-likeness (QED) is 0.562. The van der Waals surface area contributed by atoms with Crippen LogP contribution >= 0.6 is 15.9 Å². The minimum absolute atomic E-state index is 0.124. The van der Waals surface area contributed by atoms with Crippen LogP contribution in [0, 0.1) is 17.8 Å². The third-order valence-electron chi connectivity index (χ3n) is 2.85. The monoisotopic (exact) mass is 277 g/mol. The maximum Gasteiger partial charge on any atom is 0.223 e. The minimum Gasteiger partial charge on any atom is -0.356 e. The average molecular weight is 278 g/mol. The molecule has 0 aromatic rings. The van der Waals surface area contributed by atoms with Gasteiger partial charge in [0.25, 0.3) is 0 Å². The topological polar surface area (TPSA) is 29.1 Å². The highest BCUT2D eigenvalue weighted by Crippen LogP contribution is 2.10. The zero-order chi connectivity index (χ0) is 11.8. The predicted octanol–water partition coefficient (Wildman–Crippen LogP) is 3.21. The van der Waals surface area contributed by atoms with Gasteiger partial charge in [0.2, 0.25) is 5.91 Å². The summed E-state index contributed by atoms with van der Waals surface area (Å²) in [7, 11) is 0. The van der Waals surface area contributed by atoms with E-state index in [0.717, 1.165) is 18.3 Å². The van der Waals surface area contributed by atoms with Gasteiger partial charge in [-0.15, -0.1) is 0 Å². The van der Waals surface area contributed by atoms with E-state index in [1.165, 1.54) is 6.42 Å². The van der Waals surface area contributed by atoms with E-state index in [0.29, 0.717) is 11.8 Å². The summed E-state index contributed by atoms with van der Waals surface area (Å²) in [5, 5.41) is 4.03. The van der Waals surface area contributed by atoms with Crippen molar-refractivity contribution in [2.75, 3.05) is 11.9 Å². The summed E-state index contributed by atoms with van der Waals surface area (Å²) in [5.41, 5.74) is 0. The Morgan fingerprint density at radius 3 is 2.33 bits per heavy atom. The van der Waals surface area contributed by atoms with Crippen molar-refractivity contribution in [3.8, 4) is 0 Å². The number of amides is 1. The highest BCUT2D eigenvalue weighted by molar-refractivity contribution is 9.09. The molecule has 15 heavy (non-hydrogen) atoms. The van der Waals surface area contributed by atoms with E-state index in [1.807, 2.05) is 6.92 Å². The van der Waals surface area contributed by atoms with Crippen LogP contribution in [0.25, 0.3) is 0 Å². The van der Waals surface area contributed by atoms with Crippen LogP contribution in [0.15, 0.2) is 0 Å². The van der Waals surface area contributed by atoms with E-state index in [9.17, 15) is 4.79 Å². The summed E-state index contributed by atoms with van der Waals surface area (Å²) >= 11 is 3.45. The molecule has 2 atom stereocenters. The summed E-state index contributed by atoms with van der Waals surface area (Å²) < 4.78 is 0. The van der Waals surface area contributed by atoms with Gasteiger partial charge in [-0.3, -0.25) is 4.79 Å². The fourth-order valence-electron chi connectivity index (χ4n) is 1.20. The highest BCUT2D eigenvalue weighted by atomic mass is 79.9. The molecule has 0 aromatic carbocycles. The Morgan fingerprint density at radius 2 is 1.87 bits per heavy atom. The largest absolute Gasteiger partial charge is 0.356 e. The van der Waals surface area contributed by atoms with Crippen LogP contribution in [0.4, 0.5) is 0 Å². The second kappa shape index (κ2) is 8.14. The zero-order valence-electron chi connectivity index (χ0n) is 10.3. The lowest BCUT2D eigenvalue weighted by atomic mass is 9.97. The highest BCUT2D eigenvalue weighted by Gasteiger charge is 2.15. The van der Waals surface area contributed by atoms with E-state index in [1.54, 1.807) is 0 Å². The number of hydrogen-bond acceptors (Lipinski definition) is 1. The van der Waals surface area contributed by atoms with E-state index < -0.39 is 0 Å². The first-order valence-corrected chi connectivity index (χ1v) is 6.94. The summed E-state index contributed by atoms with van der Waals surface area (Å²) in [6.07, 6.45) is 2.24. The van der Waals surface area contributed by atoms with Gasteiger partial charge in [-0.1, -0.05) is 43.6 Å². The van der Waals surface area contributed by atoms with Gasteiger partial charge < -0.3 is 5.32 Å². The SMILES string of the molecule is CC(CBr)CCCNC(=O)C(C)C(C)C. The summed E-state index contributed by atoms with van der Waals surface area (Å²) in [5.74, 6) is 1.44. The molecule has 0 saturated carbocycles. The molecule has 1 N–H and O–H groups in total. The summed E-state index contributed by atoms with van der Waals surface area (Å²) in [4.78, 5) is 11.6. The molecule has 0 bridgehead atoms. The van der Waals surface area contributed by atoms with Crippen molar-refractivity contribution in [1.29, 1.82) is 0 Å². The van der Waals surface area contributed by atoms with Crippen LogP contribution in [0.1, 0.15) is 40.5 Å². The van der Waals surface area contributed by atoms with Crippen molar-refractivity contribution < 1.29 is 4.79 Å². The first-order chi connectivity index (χ1) is 6.99. The molecular weight excluding hydrogens is 254 g/mol. The van der Waals surface area contributed by atoms with Gasteiger partial charge in [0.15, 0.2) is 0 Å². The molecule has 90 valence electrons. The van der Waals surface area contributed by atoms with Crippen LogP contribution in [0.3, 0.4) is 0 Å². The average Bonchev–Trinajstić information content (AvgIpc) is 2.22. The van der Waals surface area contributed by atoms with Crippen LogP contribution in [0.5, 0.6) is 0 Å². The maximum absolute atomic E-state index is 11.6. The van der Waals surface area contributed by atoms with Gasteiger partial charge in [-0.05, 0) is 24.7 Å². The Labute approximate surface area is 102 Å². The number of halogens is 1. The lowest BCUT2D eigenvalue weighted by Crippen LogP contribution is -2.32. The van der Waals surface area contributed by atoms with E-state index in [4.69, 9.17) is 0 Å². The van der Waals surface area contributed by atoms with Crippen molar-refractivity contribution in [3.05, 3.63) is 0 Å².